The molecule has 0 radical (unpaired) electrons. The summed E-state index contributed by atoms with van der Waals surface area (Å²) in [7, 11) is 0. The average Bonchev–Trinajstić information content (AvgIpc) is 2.42. The molecule has 1 amide bonds. The number of amides is 1. The standard InChI is InChI=1S/C14H18N2O5/c1-9(14(18)19)4-3-7-15-13(17)11-5-6-12(16(20)21)10(2)8-11/h5-6,8-9H,3-4,7H2,1-2H3,(H,15,17)(H,18,19). The second-order valence-electron chi connectivity index (χ2n) is 4.90. The summed E-state index contributed by atoms with van der Waals surface area (Å²) in [5.41, 5.74) is 0.748. The van der Waals surface area contributed by atoms with Gasteiger partial charge in [-0.1, -0.05) is 6.92 Å². The maximum atomic E-state index is 11.9. The van der Waals surface area contributed by atoms with Crippen LogP contribution in [0.3, 0.4) is 0 Å². The first kappa shape index (κ1) is 16.6. The Kier molecular flexibility index (Phi) is 5.83. The van der Waals surface area contributed by atoms with Gasteiger partial charge >= 0.3 is 5.97 Å². The van der Waals surface area contributed by atoms with Gasteiger partial charge < -0.3 is 10.4 Å². The van der Waals surface area contributed by atoms with Gasteiger partial charge in [-0.3, -0.25) is 19.7 Å². The number of hydrogen-bond acceptors (Lipinski definition) is 4. The van der Waals surface area contributed by atoms with E-state index in [0.717, 1.165) is 0 Å². The van der Waals surface area contributed by atoms with Crippen LogP contribution in [0.25, 0.3) is 0 Å². The normalized spacial score (nSPS) is 11.7. The summed E-state index contributed by atoms with van der Waals surface area (Å²) in [6.45, 7) is 3.56. The van der Waals surface area contributed by atoms with Gasteiger partial charge in [-0.25, -0.2) is 0 Å². The molecule has 0 heterocycles. The molecular weight excluding hydrogens is 276 g/mol. The molecule has 0 aromatic heterocycles. The lowest BCUT2D eigenvalue weighted by Gasteiger charge is -2.08. The van der Waals surface area contributed by atoms with Crippen LogP contribution in [0.2, 0.25) is 0 Å². The molecule has 1 aromatic carbocycles. The lowest BCUT2D eigenvalue weighted by atomic mass is 10.1. The van der Waals surface area contributed by atoms with E-state index in [4.69, 9.17) is 5.11 Å². The molecule has 7 heteroatoms. The van der Waals surface area contributed by atoms with Crippen LogP contribution in [0.5, 0.6) is 0 Å². The molecule has 1 aromatic rings. The van der Waals surface area contributed by atoms with Gasteiger partial charge in [0.25, 0.3) is 11.6 Å². The predicted octanol–water partition coefficient (Wildman–Crippen LogP) is 2.13. The number of carbonyl (C=O) groups is 2. The maximum Gasteiger partial charge on any atom is 0.306 e. The SMILES string of the molecule is Cc1cc(C(=O)NCCCC(C)C(=O)O)ccc1[N+](=O)[O-]. The number of rotatable bonds is 7. The van der Waals surface area contributed by atoms with Gasteiger partial charge in [0, 0.05) is 23.7 Å². The fraction of sp³-hybridized carbons (Fsp3) is 0.429. The Balaban J connectivity index is 2.51. The Morgan fingerprint density at radius 1 is 1.43 bits per heavy atom. The lowest BCUT2D eigenvalue weighted by Crippen LogP contribution is -2.25. The van der Waals surface area contributed by atoms with Gasteiger partial charge in [0.1, 0.15) is 0 Å². The third-order valence-electron chi connectivity index (χ3n) is 3.18. The molecule has 0 aliphatic heterocycles. The molecule has 114 valence electrons. The number of hydrogen-bond donors (Lipinski definition) is 2. The minimum Gasteiger partial charge on any atom is -0.481 e. The number of aliphatic carboxylic acids is 1. The number of aryl methyl sites for hydroxylation is 1. The van der Waals surface area contributed by atoms with Gasteiger partial charge in [0.05, 0.1) is 10.8 Å². The molecule has 1 unspecified atom stereocenters. The van der Waals surface area contributed by atoms with Gasteiger partial charge in [0.2, 0.25) is 0 Å². The Labute approximate surface area is 122 Å². The van der Waals surface area contributed by atoms with E-state index in [2.05, 4.69) is 5.32 Å². The van der Waals surface area contributed by atoms with Crippen LogP contribution in [-0.2, 0) is 4.79 Å². The van der Waals surface area contributed by atoms with Crippen molar-refractivity contribution in [1.82, 2.24) is 5.32 Å². The number of nitro groups is 1. The zero-order valence-corrected chi connectivity index (χ0v) is 12.0. The topological polar surface area (TPSA) is 110 Å². The minimum absolute atomic E-state index is 0.0261. The van der Waals surface area contributed by atoms with Crippen molar-refractivity contribution >= 4 is 17.6 Å². The Morgan fingerprint density at radius 2 is 2.10 bits per heavy atom. The second kappa shape index (κ2) is 7.37. The quantitative estimate of drug-likeness (QED) is 0.455. The number of carboxylic acid groups (broad SMARTS) is 1. The highest BCUT2D eigenvalue weighted by Gasteiger charge is 2.14. The molecule has 7 nitrogen and oxygen atoms in total. The highest BCUT2D eigenvalue weighted by atomic mass is 16.6. The first-order valence-corrected chi connectivity index (χ1v) is 6.59. The fourth-order valence-electron chi connectivity index (χ4n) is 1.84. The highest BCUT2D eigenvalue weighted by Crippen LogP contribution is 2.18. The van der Waals surface area contributed by atoms with Crippen molar-refractivity contribution in [3.8, 4) is 0 Å². The first-order valence-electron chi connectivity index (χ1n) is 6.59. The minimum atomic E-state index is -0.854. The molecule has 1 rings (SSSR count). The molecule has 2 N–H and O–H groups in total. The maximum absolute atomic E-state index is 11.9. The van der Waals surface area contributed by atoms with Gasteiger partial charge in [-0.05, 0) is 31.9 Å². The van der Waals surface area contributed by atoms with E-state index >= 15 is 0 Å². The van der Waals surface area contributed by atoms with Crippen LogP contribution in [0.1, 0.15) is 35.7 Å². The monoisotopic (exact) mass is 294 g/mol. The van der Waals surface area contributed by atoms with Crippen molar-refractivity contribution < 1.29 is 19.6 Å². The van der Waals surface area contributed by atoms with E-state index in [1.807, 2.05) is 0 Å². The Hall–Kier alpha value is -2.44. The van der Waals surface area contributed by atoms with Crippen molar-refractivity contribution in [2.24, 2.45) is 5.92 Å². The number of carbonyl (C=O) groups excluding carboxylic acids is 1. The van der Waals surface area contributed by atoms with Crippen LogP contribution in [-0.4, -0.2) is 28.5 Å². The molecule has 0 fully saturated rings. The first-order chi connectivity index (χ1) is 9.82. The van der Waals surface area contributed by atoms with E-state index in [-0.39, 0.29) is 11.6 Å². The van der Waals surface area contributed by atoms with Crippen molar-refractivity contribution in [3.05, 3.63) is 39.4 Å². The van der Waals surface area contributed by atoms with Crippen LogP contribution in [0.15, 0.2) is 18.2 Å². The van der Waals surface area contributed by atoms with E-state index < -0.39 is 16.8 Å². The summed E-state index contributed by atoms with van der Waals surface area (Å²) in [5.74, 6) is -1.62. The molecule has 0 saturated carbocycles. The summed E-state index contributed by atoms with van der Waals surface area (Å²) in [6.07, 6.45) is 1.04. The van der Waals surface area contributed by atoms with E-state index in [9.17, 15) is 19.7 Å². The zero-order chi connectivity index (χ0) is 16.0. The lowest BCUT2D eigenvalue weighted by molar-refractivity contribution is -0.385. The summed E-state index contributed by atoms with van der Waals surface area (Å²) >= 11 is 0. The number of nitro benzene ring substituents is 1. The third-order valence-corrected chi connectivity index (χ3v) is 3.18. The molecular formula is C14H18N2O5. The number of carboxylic acids is 1. The fourth-order valence-corrected chi connectivity index (χ4v) is 1.84. The van der Waals surface area contributed by atoms with Crippen molar-refractivity contribution in [3.63, 3.8) is 0 Å². The number of nitrogens with one attached hydrogen (secondary N) is 1. The molecule has 0 aliphatic rings. The molecule has 1 atom stereocenters. The van der Waals surface area contributed by atoms with E-state index in [1.165, 1.54) is 18.2 Å². The van der Waals surface area contributed by atoms with E-state index in [0.29, 0.717) is 30.5 Å². The molecule has 0 spiro atoms. The van der Waals surface area contributed by atoms with Crippen LogP contribution in [0, 0.1) is 23.0 Å². The molecule has 21 heavy (non-hydrogen) atoms. The third kappa shape index (κ3) is 4.87. The second-order valence-corrected chi connectivity index (χ2v) is 4.90. The van der Waals surface area contributed by atoms with Gasteiger partial charge in [-0.2, -0.15) is 0 Å². The van der Waals surface area contributed by atoms with Crippen molar-refractivity contribution in [1.29, 1.82) is 0 Å². The largest absolute Gasteiger partial charge is 0.481 e. The molecule has 0 aliphatic carbocycles. The van der Waals surface area contributed by atoms with Crippen LogP contribution in [0.4, 0.5) is 5.69 Å². The highest BCUT2D eigenvalue weighted by molar-refractivity contribution is 5.94. The van der Waals surface area contributed by atoms with Gasteiger partial charge in [-0.15, -0.1) is 0 Å². The number of benzene rings is 1. The van der Waals surface area contributed by atoms with Crippen LogP contribution < -0.4 is 5.32 Å². The van der Waals surface area contributed by atoms with Crippen molar-refractivity contribution in [2.75, 3.05) is 6.54 Å². The Bertz CT molecular complexity index is 556. The summed E-state index contributed by atoms with van der Waals surface area (Å²) in [4.78, 5) is 32.7. The summed E-state index contributed by atoms with van der Waals surface area (Å²) < 4.78 is 0. The van der Waals surface area contributed by atoms with E-state index in [1.54, 1.807) is 13.8 Å². The summed E-state index contributed by atoms with van der Waals surface area (Å²) in [5, 5.41) is 22.1. The average molecular weight is 294 g/mol. The summed E-state index contributed by atoms with van der Waals surface area (Å²) in [6, 6.07) is 4.17. The molecule has 0 bridgehead atoms. The van der Waals surface area contributed by atoms with Crippen molar-refractivity contribution in [2.45, 2.75) is 26.7 Å². The number of nitrogens with zero attached hydrogens (tertiary/aromatic N) is 1. The zero-order valence-electron chi connectivity index (χ0n) is 12.0. The van der Waals surface area contributed by atoms with Crippen LogP contribution >= 0.6 is 0 Å². The van der Waals surface area contributed by atoms with Gasteiger partial charge in [0.15, 0.2) is 0 Å². The predicted molar refractivity (Wildman–Crippen MR) is 76.2 cm³/mol. The molecule has 0 saturated heterocycles. The smallest absolute Gasteiger partial charge is 0.306 e. The Morgan fingerprint density at radius 3 is 2.62 bits per heavy atom.